The maximum atomic E-state index is 13.4. The molecule has 1 N–H and O–H groups in total. The second-order valence-electron chi connectivity index (χ2n) is 11.7. The van der Waals surface area contributed by atoms with Crippen LogP contribution in [0.3, 0.4) is 0 Å². The Bertz CT molecular complexity index is 778. The molecule has 0 spiro atoms. The van der Waals surface area contributed by atoms with Crippen LogP contribution < -0.4 is 4.90 Å². The Balaban J connectivity index is 1.54. The van der Waals surface area contributed by atoms with Crippen molar-refractivity contribution in [2.45, 2.75) is 71.1 Å². The minimum atomic E-state index is -0.428. The maximum Gasteiger partial charge on any atom is 0.236 e. The first kappa shape index (κ1) is 27.0. The molecule has 2 aliphatic heterocycles. The second-order valence-corrected chi connectivity index (χ2v) is 11.7. The second kappa shape index (κ2) is 12.4. The van der Waals surface area contributed by atoms with E-state index >= 15 is 0 Å². The third kappa shape index (κ3) is 7.69. The van der Waals surface area contributed by atoms with Gasteiger partial charge in [0.2, 0.25) is 5.91 Å². The van der Waals surface area contributed by atoms with E-state index in [1.165, 1.54) is 11.3 Å². The zero-order chi connectivity index (χ0) is 24.7. The Morgan fingerprint density at radius 1 is 1.15 bits per heavy atom. The molecule has 6 heteroatoms. The van der Waals surface area contributed by atoms with Crippen LogP contribution in [0.25, 0.3) is 0 Å². The Labute approximate surface area is 208 Å². The number of amides is 1. The summed E-state index contributed by atoms with van der Waals surface area (Å²) in [4.78, 5) is 20.1. The van der Waals surface area contributed by atoms with Gasteiger partial charge in [0.1, 0.15) is 6.23 Å². The average molecular weight is 474 g/mol. The Kier molecular flexibility index (Phi) is 9.81. The van der Waals surface area contributed by atoms with Crippen LogP contribution in [0.5, 0.6) is 0 Å². The molecule has 34 heavy (non-hydrogen) atoms. The zero-order valence-electron chi connectivity index (χ0n) is 22.4. The lowest BCUT2D eigenvalue weighted by atomic mass is 10.1. The summed E-state index contributed by atoms with van der Waals surface area (Å²) in [6, 6.07) is 8.75. The summed E-state index contributed by atoms with van der Waals surface area (Å²) in [5, 5.41) is 10.6. The van der Waals surface area contributed by atoms with Crippen LogP contribution in [0.2, 0.25) is 0 Å². The number of anilines is 1. The van der Waals surface area contributed by atoms with Gasteiger partial charge in [-0.25, -0.2) is 0 Å². The highest BCUT2D eigenvalue weighted by Gasteiger charge is 2.34. The van der Waals surface area contributed by atoms with Crippen LogP contribution in [0, 0.1) is 5.92 Å². The molecule has 0 saturated carbocycles. The van der Waals surface area contributed by atoms with Gasteiger partial charge in [-0.05, 0) is 49.7 Å². The fourth-order valence-corrected chi connectivity index (χ4v) is 5.59. The van der Waals surface area contributed by atoms with Crippen LogP contribution in [-0.4, -0.2) is 98.0 Å². The molecule has 1 fully saturated rings. The van der Waals surface area contributed by atoms with Gasteiger partial charge in [0.25, 0.3) is 0 Å². The van der Waals surface area contributed by atoms with Gasteiger partial charge in [0.05, 0.1) is 34.2 Å². The molecule has 192 valence electrons. The van der Waals surface area contributed by atoms with Crippen LogP contribution in [0.1, 0.15) is 57.9 Å². The van der Waals surface area contributed by atoms with E-state index in [9.17, 15) is 9.90 Å². The summed E-state index contributed by atoms with van der Waals surface area (Å²) in [7, 11) is 6.69. The number of para-hydroxylation sites is 1. The number of carbonyl (C=O) groups excluding carboxylic acids is 1. The van der Waals surface area contributed by atoms with E-state index in [0.717, 1.165) is 75.7 Å². The fraction of sp³-hybridized carbons (Fsp3) is 0.750. The number of aliphatic hydroxyl groups is 1. The molecule has 0 bridgehead atoms. The summed E-state index contributed by atoms with van der Waals surface area (Å²) in [6.45, 7) is 9.78. The Morgan fingerprint density at radius 3 is 2.62 bits per heavy atom. The maximum absolute atomic E-state index is 13.4. The van der Waals surface area contributed by atoms with Crippen molar-refractivity contribution in [1.82, 2.24) is 9.80 Å². The highest BCUT2D eigenvalue weighted by Crippen LogP contribution is 2.32. The smallest absolute Gasteiger partial charge is 0.236 e. The number of nitrogens with zero attached hydrogens (tertiary/aromatic N) is 4. The first-order valence-electron chi connectivity index (χ1n) is 13.5. The summed E-state index contributed by atoms with van der Waals surface area (Å²) < 4.78 is 0.979. The highest BCUT2D eigenvalue weighted by atomic mass is 16.3. The predicted octanol–water partition coefficient (Wildman–Crippen LogP) is 3.58. The number of aliphatic hydroxyl groups excluding tert-OH is 1. The lowest BCUT2D eigenvalue weighted by Crippen LogP contribution is -2.44. The molecule has 1 aromatic carbocycles. The van der Waals surface area contributed by atoms with Gasteiger partial charge in [0.15, 0.2) is 0 Å². The number of hydrogen-bond donors (Lipinski definition) is 1. The lowest BCUT2D eigenvalue weighted by molar-refractivity contribution is -0.870. The zero-order valence-corrected chi connectivity index (χ0v) is 22.4. The topological polar surface area (TPSA) is 47.0 Å². The number of quaternary nitrogens is 1. The van der Waals surface area contributed by atoms with E-state index in [2.05, 4.69) is 67.9 Å². The number of benzene rings is 1. The summed E-state index contributed by atoms with van der Waals surface area (Å²) >= 11 is 0. The number of rotatable bonds is 13. The molecule has 2 heterocycles. The molecule has 2 aliphatic rings. The third-order valence-corrected chi connectivity index (χ3v) is 7.48. The van der Waals surface area contributed by atoms with E-state index in [4.69, 9.17) is 0 Å². The minimum Gasteiger partial charge on any atom is -0.373 e. The minimum absolute atomic E-state index is 0.296. The van der Waals surface area contributed by atoms with Gasteiger partial charge in [-0.2, -0.15) is 0 Å². The highest BCUT2D eigenvalue weighted by molar-refractivity contribution is 5.78. The number of fused-ring (bicyclic) bond motifs is 1. The molecule has 3 rings (SSSR count). The van der Waals surface area contributed by atoms with Crippen LogP contribution >= 0.6 is 0 Å². The van der Waals surface area contributed by atoms with E-state index in [0.29, 0.717) is 30.8 Å². The molecular formula is C28H49N4O2+. The molecule has 2 unspecified atom stereocenters. The SMILES string of the molecule is CCCCN(CCCC[N+](C)(C)C)C(=O)CN1CC(C)C[C@@H]1CCN1c2ccccc2CC1O. The largest absolute Gasteiger partial charge is 0.373 e. The Morgan fingerprint density at radius 2 is 1.88 bits per heavy atom. The monoisotopic (exact) mass is 473 g/mol. The third-order valence-electron chi connectivity index (χ3n) is 7.48. The van der Waals surface area contributed by atoms with Crippen molar-refractivity contribution >= 4 is 11.6 Å². The van der Waals surface area contributed by atoms with Crippen molar-refractivity contribution in [2.24, 2.45) is 5.92 Å². The number of carbonyl (C=O) groups is 1. The summed E-state index contributed by atoms with van der Waals surface area (Å²) in [6.07, 6.45) is 6.83. The van der Waals surface area contributed by atoms with Gasteiger partial charge in [-0.1, -0.05) is 38.5 Å². The van der Waals surface area contributed by atoms with Gasteiger partial charge in [0, 0.05) is 44.3 Å². The first-order chi connectivity index (χ1) is 16.2. The molecule has 1 aromatic rings. The molecule has 6 nitrogen and oxygen atoms in total. The molecule has 1 saturated heterocycles. The van der Waals surface area contributed by atoms with Crippen LogP contribution in [0.4, 0.5) is 5.69 Å². The van der Waals surface area contributed by atoms with Crippen LogP contribution in [0.15, 0.2) is 24.3 Å². The van der Waals surface area contributed by atoms with Gasteiger partial charge >= 0.3 is 0 Å². The Hall–Kier alpha value is -1.63. The number of unbranched alkanes of at least 4 members (excludes halogenated alkanes) is 2. The molecule has 1 amide bonds. The number of likely N-dealkylation sites (tertiary alicyclic amines) is 1. The molecule has 0 radical (unpaired) electrons. The van der Waals surface area contributed by atoms with Gasteiger partial charge in [-0.3, -0.25) is 9.69 Å². The van der Waals surface area contributed by atoms with E-state index in [-0.39, 0.29) is 0 Å². The molecule has 3 atom stereocenters. The first-order valence-corrected chi connectivity index (χ1v) is 13.5. The van der Waals surface area contributed by atoms with E-state index in [1.54, 1.807) is 0 Å². The standard InChI is InChI=1S/C28H49N4O2/c1-6-7-15-29(16-10-11-18-32(3,4)5)28(34)22-30-21-23(2)19-25(30)14-17-31-26-13-9-8-12-24(26)20-27(31)33/h8-9,12-13,23,25,27,33H,6-7,10-11,14-22H2,1-5H3/q+1/t23?,25-,27?/m0/s1. The number of hydrogen-bond acceptors (Lipinski definition) is 4. The van der Waals surface area contributed by atoms with E-state index in [1.807, 2.05) is 6.07 Å². The summed E-state index contributed by atoms with van der Waals surface area (Å²) in [5.41, 5.74) is 2.40. The normalized spacial score (nSPS) is 22.9. The van der Waals surface area contributed by atoms with Gasteiger partial charge < -0.3 is 19.4 Å². The van der Waals surface area contributed by atoms with Crippen molar-refractivity contribution in [1.29, 1.82) is 0 Å². The molecule has 0 aliphatic carbocycles. The predicted molar refractivity (Wildman–Crippen MR) is 141 cm³/mol. The fourth-order valence-electron chi connectivity index (χ4n) is 5.59. The van der Waals surface area contributed by atoms with Crippen molar-refractivity contribution in [3.63, 3.8) is 0 Å². The average Bonchev–Trinajstić information content (AvgIpc) is 3.28. The lowest BCUT2D eigenvalue weighted by Gasteiger charge is -2.31. The molecular weight excluding hydrogens is 424 g/mol. The van der Waals surface area contributed by atoms with Crippen molar-refractivity contribution in [2.75, 3.05) is 65.3 Å². The molecule has 0 aromatic heterocycles. The van der Waals surface area contributed by atoms with Crippen molar-refractivity contribution in [3.05, 3.63) is 29.8 Å². The summed E-state index contributed by atoms with van der Waals surface area (Å²) in [5.74, 6) is 0.909. The van der Waals surface area contributed by atoms with Crippen molar-refractivity contribution in [3.8, 4) is 0 Å². The van der Waals surface area contributed by atoms with Crippen LogP contribution in [-0.2, 0) is 11.2 Å². The van der Waals surface area contributed by atoms with Gasteiger partial charge in [-0.15, -0.1) is 0 Å². The quantitative estimate of drug-likeness (QED) is 0.351. The van der Waals surface area contributed by atoms with E-state index < -0.39 is 6.23 Å². The van der Waals surface area contributed by atoms with Crippen molar-refractivity contribution < 1.29 is 14.4 Å².